The molecule has 0 radical (unpaired) electrons. The average Bonchev–Trinajstić information content (AvgIpc) is 3.10. The lowest BCUT2D eigenvalue weighted by atomic mass is 10.1. The van der Waals surface area contributed by atoms with Crippen molar-refractivity contribution in [2.75, 3.05) is 27.9 Å². The van der Waals surface area contributed by atoms with Crippen LogP contribution in [0.4, 0.5) is 0 Å². The van der Waals surface area contributed by atoms with E-state index in [-0.39, 0.29) is 11.9 Å². The zero-order valence-electron chi connectivity index (χ0n) is 15.7. The maximum atomic E-state index is 12.5. The summed E-state index contributed by atoms with van der Waals surface area (Å²) in [6.07, 6.45) is 3.26. The molecule has 0 saturated heterocycles. The van der Waals surface area contributed by atoms with Crippen LogP contribution in [-0.4, -0.2) is 54.8 Å². The Kier molecular flexibility index (Phi) is 5.56. The highest BCUT2D eigenvalue weighted by atomic mass is 16.5. The zero-order chi connectivity index (χ0) is 19.4. The quantitative estimate of drug-likeness (QED) is 0.663. The molecule has 2 N–H and O–H groups in total. The number of amides is 1. The molecule has 0 saturated carbocycles. The minimum Gasteiger partial charge on any atom is -0.493 e. The van der Waals surface area contributed by atoms with E-state index in [4.69, 9.17) is 14.2 Å². The minimum atomic E-state index is -0.232. The van der Waals surface area contributed by atoms with Crippen molar-refractivity contribution in [1.29, 1.82) is 0 Å². The van der Waals surface area contributed by atoms with Gasteiger partial charge in [-0.1, -0.05) is 0 Å². The smallest absolute Gasteiger partial charge is 0.255 e. The standard InChI is InChI=1S/C19H22N4O4/c1-11(10-25-2)22-19(24)13-8-20-18-17(13)23-14(9-21-18)12-5-6-15(26-3)16(7-12)27-4/h5-9,11H,10H2,1-4H3,(H,20,21)(H,22,24). The van der Waals surface area contributed by atoms with E-state index in [2.05, 4.69) is 20.3 Å². The summed E-state index contributed by atoms with van der Waals surface area (Å²) in [5.41, 5.74) is 2.92. The molecule has 8 nitrogen and oxygen atoms in total. The molecule has 2 aromatic heterocycles. The predicted molar refractivity (Wildman–Crippen MR) is 101 cm³/mol. The highest BCUT2D eigenvalue weighted by Gasteiger charge is 2.17. The van der Waals surface area contributed by atoms with Crippen LogP contribution < -0.4 is 14.8 Å². The van der Waals surface area contributed by atoms with Gasteiger partial charge in [0.2, 0.25) is 0 Å². The molecule has 0 aliphatic carbocycles. The van der Waals surface area contributed by atoms with Gasteiger partial charge in [0.05, 0.1) is 38.3 Å². The third-order valence-corrected chi connectivity index (χ3v) is 4.10. The van der Waals surface area contributed by atoms with Gasteiger partial charge >= 0.3 is 0 Å². The molecule has 0 aliphatic heterocycles. The molecule has 0 spiro atoms. The van der Waals surface area contributed by atoms with Crippen LogP contribution in [0.1, 0.15) is 17.3 Å². The Morgan fingerprint density at radius 2 is 2.00 bits per heavy atom. The van der Waals surface area contributed by atoms with Crippen molar-refractivity contribution in [3.63, 3.8) is 0 Å². The van der Waals surface area contributed by atoms with E-state index in [1.165, 1.54) is 0 Å². The molecular formula is C19H22N4O4. The summed E-state index contributed by atoms with van der Waals surface area (Å²) in [5, 5.41) is 2.88. The summed E-state index contributed by atoms with van der Waals surface area (Å²) in [4.78, 5) is 24.5. The van der Waals surface area contributed by atoms with Crippen LogP contribution in [0.15, 0.2) is 30.6 Å². The lowest BCUT2D eigenvalue weighted by molar-refractivity contribution is 0.0907. The molecule has 3 rings (SSSR count). The van der Waals surface area contributed by atoms with Gasteiger partial charge in [0.1, 0.15) is 5.52 Å². The fourth-order valence-electron chi connectivity index (χ4n) is 2.79. The molecule has 2 heterocycles. The molecule has 0 fully saturated rings. The van der Waals surface area contributed by atoms with Gasteiger partial charge in [0.25, 0.3) is 5.91 Å². The van der Waals surface area contributed by atoms with E-state index in [9.17, 15) is 4.79 Å². The molecule has 1 amide bonds. The average molecular weight is 370 g/mol. The Morgan fingerprint density at radius 1 is 1.22 bits per heavy atom. The summed E-state index contributed by atoms with van der Waals surface area (Å²) in [6.45, 7) is 2.30. The van der Waals surface area contributed by atoms with Crippen molar-refractivity contribution in [2.24, 2.45) is 0 Å². The second-order valence-electron chi connectivity index (χ2n) is 6.05. The second-order valence-corrected chi connectivity index (χ2v) is 6.05. The first-order chi connectivity index (χ1) is 13.1. The number of ether oxygens (including phenoxy) is 3. The molecule has 0 aliphatic rings. The summed E-state index contributed by atoms with van der Waals surface area (Å²) in [6, 6.07) is 5.37. The molecule has 1 aromatic carbocycles. The van der Waals surface area contributed by atoms with Crippen molar-refractivity contribution in [2.45, 2.75) is 13.0 Å². The van der Waals surface area contributed by atoms with Gasteiger partial charge in [-0.05, 0) is 25.1 Å². The van der Waals surface area contributed by atoms with E-state index in [1.807, 2.05) is 19.1 Å². The molecule has 8 heteroatoms. The van der Waals surface area contributed by atoms with Crippen LogP contribution in [0.25, 0.3) is 22.4 Å². The highest BCUT2D eigenvalue weighted by molar-refractivity contribution is 6.04. The van der Waals surface area contributed by atoms with Crippen molar-refractivity contribution >= 4 is 17.1 Å². The second kappa shape index (κ2) is 8.05. The number of benzene rings is 1. The normalized spacial score (nSPS) is 12.0. The van der Waals surface area contributed by atoms with E-state index in [1.54, 1.807) is 39.8 Å². The molecule has 1 unspecified atom stereocenters. The summed E-state index contributed by atoms with van der Waals surface area (Å²) in [7, 11) is 4.75. The summed E-state index contributed by atoms with van der Waals surface area (Å²) >= 11 is 0. The Bertz CT molecular complexity index is 954. The number of aromatic nitrogens is 3. The first-order valence-electron chi connectivity index (χ1n) is 8.43. The Morgan fingerprint density at radius 3 is 2.70 bits per heavy atom. The molecule has 27 heavy (non-hydrogen) atoms. The topological polar surface area (TPSA) is 98.4 Å². The highest BCUT2D eigenvalue weighted by Crippen LogP contribution is 2.32. The number of aromatic amines is 1. The van der Waals surface area contributed by atoms with Gasteiger partial charge in [0.15, 0.2) is 17.1 Å². The van der Waals surface area contributed by atoms with Gasteiger partial charge in [-0.2, -0.15) is 0 Å². The van der Waals surface area contributed by atoms with Crippen LogP contribution >= 0.6 is 0 Å². The zero-order valence-corrected chi connectivity index (χ0v) is 15.7. The summed E-state index contributed by atoms with van der Waals surface area (Å²) in [5.74, 6) is 0.992. The lowest BCUT2D eigenvalue weighted by Gasteiger charge is -2.12. The molecule has 1 atom stereocenters. The maximum Gasteiger partial charge on any atom is 0.255 e. The fraction of sp³-hybridized carbons (Fsp3) is 0.316. The van der Waals surface area contributed by atoms with E-state index < -0.39 is 0 Å². The first kappa shape index (κ1) is 18.7. The lowest BCUT2D eigenvalue weighted by Crippen LogP contribution is -2.35. The van der Waals surface area contributed by atoms with E-state index in [0.29, 0.717) is 40.5 Å². The van der Waals surface area contributed by atoms with Crippen molar-refractivity contribution in [1.82, 2.24) is 20.3 Å². The number of nitrogens with one attached hydrogen (secondary N) is 2. The Hall–Kier alpha value is -3.13. The number of methoxy groups -OCH3 is 3. The van der Waals surface area contributed by atoms with Crippen LogP contribution in [0.3, 0.4) is 0 Å². The van der Waals surface area contributed by atoms with E-state index in [0.717, 1.165) is 5.56 Å². The minimum absolute atomic E-state index is 0.116. The number of hydrogen-bond acceptors (Lipinski definition) is 6. The monoisotopic (exact) mass is 370 g/mol. The number of rotatable bonds is 7. The number of carbonyl (C=O) groups excluding carboxylic acids is 1. The van der Waals surface area contributed by atoms with Crippen LogP contribution in [0.2, 0.25) is 0 Å². The van der Waals surface area contributed by atoms with E-state index >= 15 is 0 Å². The SMILES string of the molecule is COCC(C)NC(=O)c1c[nH]c2ncc(-c3ccc(OC)c(OC)c3)nc12. The largest absolute Gasteiger partial charge is 0.493 e. The van der Waals surface area contributed by atoms with Crippen LogP contribution in [-0.2, 0) is 4.74 Å². The van der Waals surface area contributed by atoms with Gasteiger partial charge < -0.3 is 24.5 Å². The van der Waals surface area contributed by atoms with Gasteiger partial charge in [-0.15, -0.1) is 0 Å². The molecule has 0 bridgehead atoms. The predicted octanol–water partition coefficient (Wildman–Crippen LogP) is 2.41. The number of hydrogen-bond donors (Lipinski definition) is 2. The van der Waals surface area contributed by atoms with Gasteiger partial charge in [0, 0.05) is 24.9 Å². The number of fused-ring (bicyclic) bond motifs is 1. The summed E-state index contributed by atoms with van der Waals surface area (Å²) < 4.78 is 15.7. The van der Waals surface area contributed by atoms with Crippen LogP contribution in [0, 0.1) is 0 Å². The molecule has 142 valence electrons. The first-order valence-corrected chi connectivity index (χ1v) is 8.43. The number of nitrogens with zero attached hydrogens (tertiary/aromatic N) is 2. The molecule has 3 aromatic rings. The fourth-order valence-corrected chi connectivity index (χ4v) is 2.79. The molecular weight excluding hydrogens is 348 g/mol. The Labute approximate surface area is 156 Å². The third kappa shape index (κ3) is 3.85. The van der Waals surface area contributed by atoms with Gasteiger partial charge in [-0.3, -0.25) is 4.79 Å². The van der Waals surface area contributed by atoms with Crippen molar-refractivity contribution in [3.8, 4) is 22.8 Å². The number of H-pyrrole nitrogens is 1. The third-order valence-electron chi connectivity index (χ3n) is 4.10. The Balaban J connectivity index is 1.96. The van der Waals surface area contributed by atoms with Gasteiger partial charge in [-0.25, -0.2) is 9.97 Å². The maximum absolute atomic E-state index is 12.5. The number of carbonyl (C=O) groups is 1. The van der Waals surface area contributed by atoms with Crippen molar-refractivity contribution < 1.29 is 19.0 Å². The van der Waals surface area contributed by atoms with Crippen molar-refractivity contribution in [3.05, 3.63) is 36.2 Å². The van der Waals surface area contributed by atoms with Crippen LogP contribution in [0.5, 0.6) is 11.5 Å².